The maximum atomic E-state index is 13.5. The van der Waals surface area contributed by atoms with Crippen molar-refractivity contribution in [2.24, 2.45) is 0 Å². The van der Waals surface area contributed by atoms with E-state index in [0.29, 0.717) is 18.9 Å². The number of morpholine rings is 1. The SMILES string of the molecule is CC(=O)c1ncc(N2CCOCC2)cc1F. The number of ether oxygens (including phenoxy) is 1. The fraction of sp³-hybridized carbons (Fsp3) is 0.455. The molecule has 0 atom stereocenters. The van der Waals surface area contributed by atoms with Crippen LogP contribution in [0.4, 0.5) is 10.1 Å². The molecule has 2 rings (SSSR count). The van der Waals surface area contributed by atoms with Crippen molar-refractivity contribution in [3.63, 3.8) is 0 Å². The number of Topliss-reactive ketones (excluding diaryl/α,β-unsaturated/α-hetero) is 1. The Balaban J connectivity index is 2.23. The second-order valence-corrected chi connectivity index (χ2v) is 3.68. The Morgan fingerprint density at radius 3 is 2.75 bits per heavy atom. The molecule has 1 aromatic rings. The van der Waals surface area contributed by atoms with Crippen LogP contribution in [-0.4, -0.2) is 37.1 Å². The van der Waals surface area contributed by atoms with Crippen molar-refractivity contribution in [2.75, 3.05) is 31.2 Å². The van der Waals surface area contributed by atoms with Crippen LogP contribution in [0.5, 0.6) is 0 Å². The molecule has 86 valence electrons. The monoisotopic (exact) mass is 224 g/mol. The standard InChI is InChI=1S/C11H13FN2O2/c1-8(15)11-10(12)6-9(7-13-11)14-2-4-16-5-3-14/h6-7H,2-5H2,1H3. The number of carbonyl (C=O) groups excluding carboxylic acids is 1. The summed E-state index contributed by atoms with van der Waals surface area (Å²) in [6.07, 6.45) is 1.53. The van der Waals surface area contributed by atoms with E-state index in [4.69, 9.17) is 4.74 Å². The van der Waals surface area contributed by atoms with Gasteiger partial charge >= 0.3 is 0 Å². The lowest BCUT2D eigenvalue weighted by Gasteiger charge is -2.28. The molecule has 2 heterocycles. The van der Waals surface area contributed by atoms with Crippen LogP contribution in [0.15, 0.2) is 12.3 Å². The van der Waals surface area contributed by atoms with Gasteiger partial charge in [0.05, 0.1) is 25.1 Å². The smallest absolute Gasteiger partial charge is 0.181 e. The maximum absolute atomic E-state index is 13.5. The van der Waals surface area contributed by atoms with Gasteiger partial charge in [0.1, 0.15) is 5.69 Å². The molecule has 16 heavy (non-hydrogen) atoms. The topological polar surface area (TPSA) is 42.4 Å². The van der Waals surface area contributed by atoms with Gasteiger partial charge in [-0.05, 0) is 0 Å². The number of hydrogen-bond donors (Lipinski definition) is 0. The van der Waals surface area contributed by atoms with E-state index in [2.05, 4.69) is 4.98 Å². The molecule has 0 radical (unpaired) electrons. The first kappa shape index (κ1) is 11.0. The molecule has 0 aromatic carbocycles. The summed E-state index contributed by atoms with van der Waals surface area (Å²) in [4.78, 5) is 16.9. The number of nitrogens with zero attached hydrogens (tertiary/aromatic N) is 2. The Labute approximate surface area is 93.0 Å². The molecule has 1 aromatic heterocycles. The highest BCUT2D eigenvalue weighted by molar-refractivity contribution is 5.92. The number of anilines is 1. The number of ketones is 1. The fourth-order valence-corrected chi connectivity index (χ4v) is 1.68. The first-order valence-corrected chi connectivity index (χ1v) is 5.17. The molecule has 0 amide bonds. The number of pyridine rings is 1. The third kappa shape index (κ3) is 2.19. The average molecular weight is 224 g/mol. The van der Waals surface area contributed by atoms with Crippen LogP contribution < -0.4 is 4.90 Å². The fourth-order valence-electron chi connectivity index (χ4n) is 1.68. The van der Waals surface area contributed by atoms with Gasteiger partial charge in [0.2, 0.25) is 0 Å². The molecular formula is C11H13FN2O2. The Morgan fingerprint density at radius 2 is 2.19 bits per heavy atom. The summed E-state index contributed by atoms with van der Waals surface area (Å²) in [5.74, 6) is -0.914. The van der Waals surface area contributed by atoms with Gasteiger partial charge in [0.25, 0.3) is 0 Å². The van der Waals surface area contributed by atoms with Crippen LogP contribution in [0.2, 0.25) is 0 Å². The second-order valence-electron chi connectivity index (χ2n) is 3.68. The molecule has 0 spiro atoms. The highest BCUT2D eigenvalue weighted by Gasteiger charge is 2.15. The van der Waals surface area contributed by atoms with E-state index < -0.39 is 5.82 Å². The van der Waals surface area contributed by atoms with Crippen molar-refractivity contribution in [3.05, 3.63) is 23.8 Å². The van der Waals surface area contributed by atoms with Gasteiger partial charge in [-0.2, -0.15) is 0 Å². The number of rotatable bonds is 2. The Hall–Kier alpha value is -1.49. The first-order valence-electron chi connectivity index (χ1n) is 5.17. The van der Waals surface area contributed by atoms with E-state index in [-0.39, 0.29) is 11.5 Å². The summed E-state index contributed by atoms with van der Waals surface area (Å²) >= 11 is 0. The predicted octanol–water partition coefficient (Wildman–Crippen LogP) is 1.26. The van der Waals surface area contributed by atoms with Gasteiger partial charge in [-0.25, -0.2) is 9.37 Å². The van der Waals surface area contributed by atoms with Crippen LogP contribution in [0, 0.1) is 5.82 Å². The van der Waals surface area contributed by atoms with E-state index in [0.717, 1.165) is 13.1 Å². The summed E-state index contributed by atoms with van der Waals surface area (Å²) in [5, 5.41) is 0. The lowest BCUT2D eigenvalue weighted by molar-refractivity contribution is 0.100. The highest BCUT2D eigenvalue weighted by Crippen LogP contribution is 2.17. The lowest BCUT2D eigenvalue weighted by atomic mass is 10.2. The summed E-state index contributed by atoms with van der Waals surface area (Å²) in [5.41, 5.74) is 0.600. The number of hydrogen-bond acceptors (Lipinski definition) is 4. The molecule has 4 nitrogen and oxygen atoms in total. The summed E-state index contributed by atoms with van der Waals surface area (Å²) in [6, 6.07) is 1.36. The lowest BCUT2D eigenvalue weighted by Crippen LogP contribution is -2.36. The minimum absolute atomic E-state index is 0.1000. The van der Waals surface area contributed by atoms with Crippen LogP contribution in [0.1, 0.15) is 17.4 Å². The summed E-state index contributed by atoms with van der Waals surface area (Å²) in [6.45, 7) is 4.02. The minimum atomic E-state index is -0.559. The largest absolute Gasteiger partial charge is 0.378 e. The normalized spacial score (nSPS) is 16.2. The van der Waals surface area contributed by atoms with Gasteiger partial charge in [0.15, 0.2) is 11.6 Å². The van der Waals surface area contributed by atoms with Gasteiger partial charge in [0, 0.05) is 26.1 Å². The molecule has 1 aliphatic heterocycles. The van der Waals surface area contributed by atoms with Crippen molar-refractivity contribution >= 4 is 11.5 Å². The number of aromatic nitrogens is 1. The molecule has 5 heteroatoms. The Kier molecular flexibility index (Phi) is 3.14. The van der Waals surface area contributed by atoms with E-state index in [1.807, 2.05) is 4.90 Å². The molecule has 1 saturated heterocycles. The van der Waals surface area contributed by atoms with Gasteiger partial charge in [-0.15, -0.1) is 0 Å². The van der Waals surface area contributed by atoms with Crippen LogP contribution in [0.3, 0.4) is 0 Å². The third-order valence-corrected chi connectivity index (χ3v) is 2.54. The van der Waals surface area contributed by atoms with Crippen molar-refractivity contribution in [1.29, 1.82) is 0 Å². The molecule has 1 fully saturated rings. The highest BCUT2D eigenvalue weighted by atomic mass is 19.1. The van der Waals surface area contributed by atoms with Crippen LogP contribution >= 0.6 is 0 Å². The van der Waals surface area contributed by atoms with Crippen LogP contribution in [-0.2, 0) is 4.74 Å². The molecule has 0 aliphatic carbocycles. The Morgan fingerprint density at radius 1 is 1.50 bits per heavy atom. The average Bonchev–Trinajstić information content (AvgIpc) is 2.29. The van der Waals surface area contributed by atoms with Gasteiger partial charge in [-0.1, -0.05) is 0 Å². The molecule has 1 aliphatic rings. The predicted molar refractivity (Wildman–Crippen MR) is 57.2 cm³/mol. The van der Waals surface area contributed by atoms with Crippen molar-refractivity contribution in [2.45, 2.75) is 6.92 Å². The number of halogens is 1. The van der Waals surface area contributed by atoms with Crippen molar-refractivity contribution in [1.82, 2.24) is 4.98 Å². The zero-order chi connectivity index (χ0) is 11.5. The number of carbonyl (C=O) groups is 1. The van der Waals surface area contributed by atoms with E-state index >= 15 is 0 Å². The van der Waals surface area contributed by atoms with E-state index in [1.165, 1.54) is 19.2 Å². The molecule has 0 unspecified atom stereocenters. The molecule has 0 bridgehead atoms. The van der Waals surface area contributed by atoms with E-state index in [9.17, 15) is 9.18 Å². The van der Waals surface area contributed by atoms with Crippen molar-refractivity contribution < 1.29 is 13.9 Å². The van der Waals surface area contributed by atoms with Crippen molar-refractivity contribution in [3.8, 4) is 0 Å². The first-order chi connectivity index (χ1) is 7.68. The molecule has 0 N–H and O–H groups in total. The molecule has 0 saturated carbocycles. The zero-order valence-electron chi connectivity index (χ0n) is 9.07. The van der Waals surface area contributed by atoms with Gasteiger partial charge in [-0.3, -0.25) is 4.79 Å². The van der Waals surface area contributed by atoms with Crippen LogP contribution in [0.25, 0.3) is 0 Å². The summed E-state index contributed by atoms with van der Waals surface area (Å²) < 4.78 is 18.7. The third-order valence-electron chi connectivity index (χ3n) is 2.54. The molecular weight excluding hydrogens is 211 g/mol. The van der Waals surface area contributed by atoms with Gasteiger partial charge < -0.3 is 9.64 Å². The minimum Gasteiger partial charge on any atom is -0.378 e. The zero-order valence-corrected chi connectivity index (χ0v) is 9.07. The Bertz CT molecular complexity index is 403. The quantitative estimate of drug-likeness (QED) is 0.709. The van der Waals surface area contributed by atoms with E-state index in [1.54, 1.807) is 0 Å². The maximum Gasteiger partial charge on any atom is 0.181 e. The second kappa shape index (κ2) is 4.57. The summed E-state index contributed by atoms with van der Waals surface area (Å²) in [7, 11) is 0.